The van der Waals surface area contributed by atoms with Crippen LogP contribution in [0.2, 0.25) is 0 Å². The number of halogens is 4. The van der Waals surface area contributed by atoms with Crippen LogP contribution in [0.5, 0.6) is 0 Å². The molecule has 1 saturated carbocycles. The number of aliphatic imine (C=N–C) groups is 1. The SMILES string of the molecule is CN=C(NCC(C)(C)C(=O)NC)NC1CCC(C(F)(F)F)CC1.I. The number of guanidine groups is 1. The first-order valence-electron chi connectivity index (χ1n) is 7.86. The summed E-state index contributed by atoms with van der Waals surface area (Å²) in [7, 11) is 3.18. The third kappa shape index (κ3) is 7.02. The maximum atomic E-state index is 12.7. The smallest absolute Gasteiger partial charge is 0.359 e. The molecule has 1 amide bonds. The van der Waals surface area contributed by atoms with Crippen molar-refractivity contribution in [1.82, 2.24) is 16.0 Å². The number of alkyl halides is 3. The normalized spacial score (nSPS) is 22.4. The number of hydrogen-bond donors (Lipinski definition) is 3. The minimum absolute atomic E-state index is 0. The number of carbonyl (C=O) groups is 1. The molecule has 0 spiro atoms. The topological polar surface area (TPSA) is 65.5 Å². The number of amides is 1. The van der Waals surface area contributed by atoms with Gasteiger partial charge in [0.25, 0.3) is 0 Å². The van der Waals surface area contributed by atoms with E-state index in [4.69, 9.17) is 0 Å². The lowest BCUT2D eigenvalue weighted by Gasteiger charge is -2.32. The van der Waals surface area contributed by atoms with Crippen LogP contribution in [-0.4, -0.2) is 44.7 Å². The lowest BCUT2D eigenvalue weighted by atomic mass is 9.85. The van der Waals surface area contributed by atoms with Crippen LogP contribution >= 0.6 is 24.0 Å². The van der Waals surface area contributed by atoms with E-state index in [1.807, 2.05) is 0 Å². The molecule has 3 N–H and O–H groups in total. The van der Waals surface area contributed by atoms with Gasteiger partial charge >= 0.3 is 6.18 Å². The highest BCUT2D eigenvalue weighted by atomic mass is 127. The molecule has 1 rings (SSSR count). The van der Waals surface area contributed by atoms with Crippen LogP contribution in [0, 0.1) is 11.3 Å². The Hall–Kier alpha value is -0.740. The summed E-state index contributed by atoms with van der Waals surface area (Å²) in [6.45, 7) is 3.99. The Bertz CT molecular complexity index is 433. The highest BCUT2D eigenvalue weighted by Gasteiger charge is 2.41. The molecule has 0 aliphatic heterocycles. The van der Waals surface area contributed by atoms with Crippen molar-refractivity contribution in [2.45, 2.75) is 51.7 Å². The van der Waals surface area contributed by atoms with E-state index < -0.39 is 17.5 Å². The van der Waals surface area contributed by atoms with E-state index in [1.165, 1.54) is 0 Å². The molecular weight excluding hydrogens is 436 g/mol. The summed E-state index contributed by atoms with van der Waals surface area (Å²) in [4.78, 5) is 15.8. The zero-order valence-electron chi connectivity index (χ0n) is 14.6. The van der Waals surface area contributed by atoms with Crippen LogP contribution < -0.4 is 16.0 Å². The van der Waals surface area contributed by atoms with Crippen molar-refractivity contribution in [2.75, 3.05) is 20.6 Å². The maximum absolute atomic E-state index is 12.7. The fourth-order valence-corrected chi connectivity index (χ4v) is 2.68. The van der Waals surface area contributed by atoms with Gasteiger partial charge in [0.05, 0.1) is 11.3 Å². The molecule has 0 aromatic carbocycles. The van der Waals surface area contributed by atoms with Gasteiger partial charge in [-0.05, 0) is 39.5 Å². The molecule has 24 heavy (non-hydrogen) atoms. The van der Waals surface area contributed by atoms with E-state index >= 15 is 0 Å². The van der Waals surface area contributed by atoms with Crippen molar-refractivity contribution in [3.05, 3.63) is 0 Å². The summed E-state index contributed by atoms with van der Waals surface area (Å²) in [5, 5.41) is 8.82. The fraction of sp³-hybridized carbons (Fsp3) is 0.867. The third-order valence-electron chi connectivity index (χ3n) is 4.29. The van der Waals surface area contributed by atoms with Crippen LogP contribution in [0.15, 0.2) is 4.99 Å². The largest absolute Gasteiger partial charge is 0.391 e. The second-order valence-corrected chi connectivity index (χ2v) is 6.62. The number of hydrogen-bond acceptors (Lipinski definition) is 2. The standard InChI is InChI=1S/C15H27F3N4O.HI/c1-14(2,12(23)19-3)9-21-13(20-4)22-11-7-5-10(6-8-11)15(16,17)18;/h10-11H,5-9H2,1-4H3,(H,19,23)(H2,20,21,22);1H. The molecule has 0 bridgehead atoms. The van der Waals surface area contributed by atoms with Gasteiger partial charge in [0, 0.05) is 26.7 Å². The Labute approximate surface area is 158 Å². The molecular formula is C15H28F3IN4O. The zero-order valence-corrected chi connectivity index (χ0v) is 16.9. The quantitative estimate of drug-likeness (QED) is 0.341. The molecule has 0 radical (unpaired) electrons. The monoisotopic (exact) mass is 464 g/mol. The molecule has 0 aromatic rings. The van der Waals surface area contributed by atoms with Crippen molar-refractivity contribution >= 4 is 35.8 Å². The highest BCUT2D eigenvalue weighted by molar-refractivity contribution is 14.0. The molecule has 0 unspecified atom stereocenters. The van der Waals surface area contributed by atoms with Crippen LogP contribution in [0.25, 0.3) is 0 Å². The maximum Gasteiger partial charge on any atom is 0.391 e. The van der Waals surface area contributed by atoms with Crippen molar-refractivity contribution in [3.8, 4) is 0 Å². The minimum atomic E-state index is -4.09. The van der Waals surface area contributed by atoms with Gasteiger partial charge in [0.15, 0.2) is 5.96 Å². The zero-order chi connectivity index (χ0) is 17.7. The van der Waals surface area contributed by atoms with Crippen LogP contribution in [0.1, 0.15) is 39.5 Å². The second-order valence-electron chi connectivity index (χ2n) is 6.62. The summed E-state index contributed by atoms with van der Waals surface area (Å²) in [5.41, 5.74) is -0.611. The molecule has 0 aromatic heterocycles. The molecule has 9 heteroatoms. The lowest BCUT2D eigenvalue weighted by Crippen LogP contribution is -2.50. The first kappa shape index (κ1) is 23.3. The van der Waals surface area contributed by atoms with Gasteiger partial charge in [-0.3, -0.25) is 9.79 Å². The Morgan fingerprint density at radius 1 is 1.17 bits per heavy atom. The van der Waals surface area contributed by atoms with Crippen molar-refractivity contribution < 1.29 is 18.0 Å². The van der Waals surface area contributed by atoms with E-state index in [1.54, 1.807) is 27.9 Å². The van der Waals surface area contributed by atoms with E-state index in [2.05, 4.69) is 20.9 Å². The molecule has 5 nitrogen and oxygen atoms in total. The Kier molecular flexibility index (Phi) is 9.37. The van der Waals surface area contributed by atoms with E-state index in [0.717, 1.165) is 0 Å². The first-order chi connectivity index (χ1) is 10.6. The van der Waals surface area contributed by atoms with E-state index in [9.17, 15) is 18.0 Å². The van der Waals surface area contributed by atoms with Crippen molar-refractivity contribution in [1.29, 1.82) is 0 Å². The van der Waals surface area contributed by atoms with Crippen LogP contribution in [-0.2, 0) is 4.79 Å². The number of carbonyl (C=O) groups excluding carboxylic acids is 1. The lowest BCUT2D eigenvalue weighted by molar-refractivity contribution is -0.182. The molecule has 1 aliphatic carbocycles. The summed E-state index contributed by atoms with van der Waals surface area (Å²) in [6.07, 6.45) is -2.89. The van der Waals surface area contributed by atoms with Gasteiger partial charge in [0.1, 0.15) is 0 Å². The van der Waals surface area contributed by atoms with Gasteiger partial charge in [-0.15, -0.1) is 24.0 Å². The number of nitrogens with one attached hydrogen (secondary N) is 3. The van der Waals surface area contributed by atoms with Crippen LogP contribution in [0.4, 0.5) is 13.2 Å². The minimum Gasteiger partial charge on any atom is -0.359 e. The summed E-state index contributed by atoms with van der Waals surface area (Å²) >= 11 is 0. The van der Waals surface area contributed by atoms with Crippen LogP contribution in [0.3, 0.4) is 0 Å². The predicted octanol–water partition coefficient (Wildman–Crippen LogP) is 2.66. The van der Waals surface area contributed by atoms with E-state index in [0.29, 0.717) is 25.3 Å². The third-order valence-corrected chi connectivity index (χ3v) is 4.29. The average molecular weight is 464 g/mol. The van der Waals surface area contributed by atoms with Crippen molar-refractivity contribution in [2.24, 2.45) is 16.3 Å². The van der Waals surface area contributed by atoms with Crippen molar-refractivity contribution in [3.63, 3.8) is 0 Å². The average Bonchev–Trinajstić information content (AvgIpc) is 2.50. The fourth-order valence-electron chi connectivity index (χ4n) is 2.68. The summed E-state index contributed by atoms with van der Waals surface area (Å²) < 4.78 is 38.0. The van der Waals surface area contributed by atoms with E-state index in [-0.39, 0.29) is 48.8 Å². The number of nitrogens with zero attached hydrogens (tertiary/aromatic N) is 1. The molecule has 142 valence electrons. The molecule has 0 saturated heterocycles. The molecule has 0 atom stereocenters. The molecule has 1 fully saturated rings. The summed E-state index contributed by atoms with van der Waals surface area (Å²) in [5.74, 6) is -0.772. The van der Waals surface area contributed by atoms with Gasteiger partial charge in [-0.25, -0.2) is 0 Å². The Morgan fingerprint density at radius 3 is 2.12 bits per heavy atom. The molecule has 0 heterocycles. The highest BCUT2D eigenvalue weighted by Crippen LogP contribution is 2.37. The van der Waals surface area contributed by atoms with Gasteiger partial charge in [0.2, 0.25) is 5.91 Å². The Balaban J connectivity index is 0.00000529. The Morgan fingerprint density at radius 2 is 1.71 bits per heavy atom. The number of rotatable bonds is 4. The summed E-state index contributed by atoms with van der Waals surface area (Å²) in [6, 6.07) is -0.0251. The first-order valence-corrected chi connectivity index (χ1v) is 7.86. The van der Waals surface area contributed by atoms with Gasteiger partial charge in [-0.2, -0.15) is 13.2 Å². The second kappa shape index (κ2) is 9.67. The van der Waals surface area contributed by atoms with Gasteiger partial charge < -0.3 is 16.0 Å². The van der Waals surface area contributed by atoms with Gasteiger partial charge in [-0.1, -0.05) is 0 Å². The molecule has 1 aliphatic rings. The predicted molar refractivity (Wildman–Crippen MR) is 99.6 cm³/mol.